The van der Waals surface area contributed by atoms with E-state index in [-0.39, 0.29) is 25.5 Å². The number of ketones is 1. The van der Waals surface area contributed by atoms with E-state index in [4.69, 9.17) is 9.26 Å². The summed E-state index contributed by atoms with van der Waals surface area (Å²) < 4.78 is 36.7. The minimum Gasteiger partial charge on any atom is -0.467 e. The van der Waals surface area contributed by atoms with Crippen LogP contribution in [0.2, 0.25) is 0 Å². The number of hydrogen-bond donors (Lipinski definition) is 0. The Morgan fingerprint density at radius 2 is 2.03 bits per heavy atom. The van der Waals surface area contributed by atoms with Gasteiger partial charge in [0.25, 0.3) is 11.8 Å². The zero-order chi connectivity index (χ0) is 23.7. The minimum atomic E-state index is -2.56. The minimum absolute atomic E-state index is 0.0569. The van der Waals surface area contributed by atoms with Crippen LogP contribution in [0, 0.1) is 18.8 Å². The van der Waals surface area contributed by atoms with Crippen molar-refractivity contribution >= 4 is 22.3 Å². The Morgan fingerprint density at radius 3 is 2.74 bits per heavy atom. The highest BCUT2D eigenvalue weighted by molar-refractivity contribution is 7.15. The molecule has 0 bridgehead atoms. The van der Waals surface area contributed by atoms with Gasteiger partial charge in [-0.3, -0.25) is 9.69 Å². The van der Waals surface area contributed by atoms with Crippen molar-refractivity contribution in [2.45, 2.75) is 64.3 Å². The summed E-state index contributed by atoms with van der Waals surface area (Å²) in [5.41, 5.74) is 1.08. The van der Waals surface area contributed by atoms with Crippen molar-refractivity contribution in [3.05, 3.63) is 22.4 Å². The maximum absolute atomic E-state index is 13.2. The lowest BCUT2D eigenvalue weighted by Crippen LogP contribution is -2.56. The molecule has 2 aliphatic heterocycles. The first kappa shape index (κ1) is 23.7. The molecule has 4 heterocycles. The number of fused-ring (bicyclic) bond motifs is 1. The fraction of sp³-hybridized carbons (Fsp3) is 0.708. The molecule has 5 rings (SSSR count). The van der Waals surface area contributed by atoms with Gasteiger partial charge in [0.15, 0.2) is 10.9 Å². The van der Waals surface area contributed by atoms with Gasteiger partial charge in [-0.25, -0.2) is 13.8 Å². The lowest BCUT2D eigenvalue weighted by molar-refractivity contribution is -0.122. The van der Waals surface area contributed by atoms with Crippen LogP contribution in [0.1, 0.15) is 54.9 Å². The number of thiazole rings is 1. The van der Waals surface area contributed by atoms with E-state index < -0.39 is 5.92 Å². The first-order valence-corrected chi connectivity index (χ1v) is 13.1. The Balaban J connectivity index is 0.994. The summed E-state index contributed by atoms with van der Waals surface area (Å²) in [5, 5.41) is 4.51. The van der Waals surface area contributed by atoms with Gasteiger partial charge < -0.3 is 14.2 Å². The molecule has 2 fully saturated rings. The molecule has 2 aromatic rings. The number of ether oxygens (including phenoxy) is 1. The Bertz CT molecular complexity index is 994. The molecule has 2 aromatic heterocycles. The number of aromatic nitrogens is 2. The van der Waals surface area contributed by atoms with Crippen LogP contribution in [-0.2, 0) is 17.8 Å². The molecule has 1 saturated carbocycles. The van der Waals surface area contributed by atoms with Crippen LogP contribution in [0.5, 0.6) is 5.88 Å². The van der Waals surface area contributed by atoms with Gasteiger partial charge in [-0.15, -0.1) is 11.3 Å². The number of hydrogen-bond acceptors (Lipinski definition) is 8. The molecule has 0 aromatic carbocycles. The van der Waals surface area contributed by atoms with Crippen LogP contribution in [-0.4, -0.2) is 59.5 Å². The Labute approximate surface area is 202 Å². The van der Waals surface area contributed by atoms with E-state index >= 15 is 0 Å². The summed E-state index contributed by atoms with van der Waals surface area (Å²) in [4.78, 5) is 22.3. The molecule has 0 amide bonds. The zero-order valence-corrected chi connectivity index (χ0v) is 20.4. The zero-order valence-electron chi connectivity index (χ0n) is 19.6. The average Bonchev–Trinajstić information content (AvgIpc) is 3.41. The van der Waals surface area contributed by atoms with E-state index in [0.29, 0.717) is 29.9 Å². The molecule has 7 nitrogen and oxygen atoms in total. The van der Waals surface area contributed by atoms with Gasteiger partial charge in [0, 0.05) is 30.5 Å². The number of nitrogens with zero attached hydrogens (tertiary/aromatic N) is 4. The Kier molecular flexibility index (Phi) is 6.88. The fourth-order valence-electron chi connectivity index (χ4n) is 5.25. The lowest BCUT2D eigenvalue weighted by Gasteiger charge is -2.38. The summed E-state index contributed by atoms with van der Waals surface area (Å²) in [5.74, 6) is -0.244. The summed E-state index contributed by atoms with van der Waals surface area (Å²) in [6, 6.07) is 1.68. The van der Waals surface area contributed by atoms with Crippen molar-refractivity contribution in [3.63, 3.8) is 0 Å². The second-order valence-electron chi connectivity index (χ2n) is 10.1. The van der Waals surface area contributed by atoms with Crippen molar-refractivity contribution in [2.24, 2.45) is 11.8 Å². The van der Waals surface area contributed by atoms with Gasteiger partial charge in [-0.2, -0.15) is 0 Å². The predicted octanol–water partition coefficient (Wildman–Crippen LogP) is 4.49. The van der Waals surface area contributed by atoms with Crippen molar-refractivity contribution in [1.29, 1.82) is 0 Å². The number of carbonyl (C=O) groups is 1. The Hall–Kier alpha value is -2.07. The number of Topliss-reactive ketones (excluding diaryl/α,β-unsaturated/α-hetero) is 1. The van der Waals surface area contributed by atoms with Crippen molar-refractivity contribution in [1.82, 2.24) is 15.0 Å². The highest BCUT2D eigenvalue weighted by atomic mass is 32.1. The second-order valence-corrected chi connectivity index (χ2v) is 11.1. The van der Waals surface area contributed by atoms with E-state index in [1.807, 2.05) is 0 Å². The Morgan fingerprint density at radius 1 is 1.26 bits per heavy atom. The maximum atomic E-state index is 13.2. The van der Waals surface area contributed by atoms with Crippen molar-refractivity contribution in [2.75, 3.05) is 37.7 Å². The summed E-state index contributed by atoms with van der Waals surface area (Å²) >= 11 is 1.59. The standard InChI is InChI=1S/C24H32F2N4O3S/c1-16-10-22(28-33-16)32-13-19(31)11-18-4-2-17(3-5-18)6-8-29-9-7-21-20(12-29)27-23(34-21)30-14-24(25,26)15-30/h10,17-18H,2-9,11-15H2,1H3. The van der Waals surface area contributed by atoms with Crippen molar-refractivity contribution < 1.29 is 22.8 Å². The smallest absolute Gasteiger partial charge is 0.282 e. The van der Waals surface area contributed by atoms with Gasteiger partial charge in [0.1, 0.15) is 12.4 Å². The highest BCUT2D eigenvalue weighted by Gasteiger charge is 2.45. The van der Waals surface area contributed by atoms with Gasteiger partial charge >= 0.3 is 0 Å². The van der Waals surface area contributed by atoms with Crippen LogP contribution in [0.4, 0.5) is 13.9 Å². The van der Waals surface area contributed by atoms with Crippen molar-refractivity contribution in [3.8, 4) is 5.88 Å². The van der Waals surface area contributed by atoms with Crippen LogP contribution in [0.3, 0.4) is 0 Å². The molecule has 0 atom stereocenters. The fourth-order valence-corrected chi connectivity index (χ4v) is 6.30. The van der Waals surface area contributed by atoms with E-state index in [0.717, 1.165) is 49.7 Å². The third-order valence-corrected chi connectivity index (χ3v) is 8.45. The van der Waals surface area contributed by atoms with E-state index in [2.05, 4.69) is 15.0 Å². The number of rotatable bonds is 9. The molecule has 186 valence electrons. The number of alkyl halides is 2. The first-order chi connectivity index (χ1) is 16.3. The third kappa shape index (κ3) is 5.76. The first-order valence-electron chi connectivity index (χ1n) is 12.2. The number of carbonyl (C=O) groups excluding carboxylic acids is 1. The molecular formula is C24H32F2N4O3S. The number of anilines is 1. The van der Waals surface area contributed by atoms with Gasteiger partial charge in [0.2, 0.25) is 0 Å². The van der Waals surface area contributed by atoms with E-state index in [1.54, 1.807) is 29.2 Å². The van der Waals surface area contributed by atoms with Gasteiger partial charge in [-0.1, -0.05) is 12.8 Å². The lowest BCUT2D eigenvalue weighted by atomic mass is 9.78. The largest absolute Gasteiger partial charge is 0.467 e. The average molecular weight is 495 g/mol. The number of aryl methyl sites for hydroxylation is 1. The van der Waals surface area contributed by atoms with Crippen LogP contribution in [0.15, 0.2) is 10.6 Å². The summed E-state index contributed by atoms with van der Waals surface area (Å²) in [7, 11) is 0. The SMILES string of the molecule is Cc1cc(OCC(=O)CC2CCC(CCN3CCc4sc(N5CC(F)(F)C5)nc4C3)CC2)no1. The van der Waals surface area contributed by atoms with Gasteiger partial charge in [0.05, 0.1) is 18.8 Å². The molecule has 1 saturated heterocycles. The topological polar surface area (TPSA) is 71.7 Å². The molecule has 34 heavy (non-hydrogen) atoms. The van der Waals surface area contributed by atoms with Crippen LogP contribution < -0.4 is 9.64 Å². The predicted molar refractivity (Wildman–Crippen MR) is 125 cm³/mol. The molecule has 10 heteroatoms. The molecule has 0 N–H and O–H groups in total. The molecule has 0 radical (unpaired) electrons. The molecule has 0 spiro atoms. The molecule has 1 aliphatic carbocycles. The van der Waals surface area contributed by atoms with Crippen LogP contribution in [0.25, 0.3) is 0 Å². The summed E-state index contributed by atoms with van der Waals surface area (Å²) in [6.45, 7) is 4.33. The number of halogens is 2. The molecule has 0 unspecified atom stereocenters. The maximum Gasteiger partial charge on any atom is 0.282 e. The highest BCUT2D eigenvalue weighted by Crippen LogP contribution is 2.38. The second kappa shape index (κ2) is 9.89. The summed E-state index contributed by atoms with van der Waals surface area (Å²) in [6.07, 6.45) is 7.24. The quantitative estimate of drug-likeness (QED) is 0.509. The van der Waals surface area contributed by atoms with E-state index in [1.165, 1.54) is 24.1 Å². The van der Waals surface area contributed by atoms with Crippen LogP contribution >= 0.6 is 11.3 Å². The van der Waals surface area contributed by atoms with E-state index in [9.17, 15) is 13.6 Å². The molecule has 3 aliphatic rings. The third-order valence-electron chi connectivity index (χ3n) is 7.23. The monoisotopic (exact) mass is 494 g/mol. The normalized spacial score (nSPS) is 24.5. The van der Waals surface area contributed by atoms with Gasteiger partial charge in [-0.05, 0) is 56.1 Å². The molecular weight excluding hydrogens is 462 g/mol.